The third-order valence-corrected chi connectivity index (χ3v) is 3.52. The fourth-order valence-electron chi connectivity index (χ4n) is 2.10. The second-order valence-corrected chi connectivity index (χ2v) is 5.07. The van der Waals surface area contributed by atoms with E-state index in [-0.39, 0.29) is 11.5 Å². The van der Waals surface area contributed by atoms with Gasteiger partial charge in [-0.15, -0.1) is 0 Å². The number of anilines is 1. The molecular weight excluding hydrogens is 256 g/mol. The van der Waals surface area contributed by atoms with E-state index in [4.69, 9.17) is 0 Å². The Labute approximate surface area is 119 Å². The Morgan fingerprint density at radius 1 is 1.40 bits per heavy atom. The van der Waals surface area contributed by atoms with Crippen molar-refractivity contribution in [1.29, 1.82) is 0 Å². The molecule has 5 nitrogen and oxygen atoms in total. The van der Waals surface area contributed by atoms with Crippen molar-refractivity contribution in [1.82, 2.24) is 0 Å². The van der Waals surface area contributed by atoms with E-state index in [1.807, 2.05) is 6.92 Å². The maximum absolute atomic E-state index is 11.8. The van der Waals surface area contributed by atoms with E-state index in [9.17, 15) is 14.9 Å². The molecule has 20 heavy (non-hydrogen) atoms. The summed E-state index contributed by atoms with van der Waals surface area (Å²) in [6, 6.07) is 4.51. The summed E-state index contributed by atoms with van der Waals surface area (Å²) in [6.45, 7) is 9.35. The molecule has 1 atom stereocenters. The van der Waals surface area contributed by atoms with E-state index in [0.29, 0.717) is 11.5 Å². The summed E-state index contributed by atoms with van der Waals surface area (Å²) in [6.07, 6.45) is 1.05. The summed E-state index contributed by atoms with van der Waals surface area (Å²) in [5, 5.41) is 10.8. The van der Waals surface area contributed by atoms with Crippen LogP contribution in [0, 0.1) is 16.0 Å². The lowest BCUT2D eigenvalue weighted by molar-refractivity contribution is -0.384. The molecule has 0 heterocycles. The number of hydrogen-bond donors (Lipinski definition) is 0. The van der Waals surface area contributed by atoms with Crippen molar-refractivity contribution in [3.63, 3.8) is 0 Å². The van der Waals surface area contributed by atoms with Gasteiger partial charge in [-0.2, -0.15) is 0 Å². The molecule has 0 N–H and O–H groups in total. The molecule has 0 aliphatic rings. The van der Waals surface area contributed by atoms with Crippen molar-refractivity contribution in [2.24, 2.45) is 5.92 Å². The van der Waals surface area contributed by atoms with Crippen LogP contribution in [0.5, 0.6) is 0 Å². The number of benzene rings is 1. The van der Waals surface area contributed by atoms with E-state index in [2.05, 4.69) is 18.7 Å². The number of nitro benzene ring substituents is 1. The quantitative estimate of drug-likeness (QED) is 0.433. The van der Waals surface area contributed by atoms with Crippen LogP contribution < -0.4 is 4.90 Å². The van der Waals surface area contributed by atoms with Crippen molar-refractivity contribution >= 4 is 17.2 Å². The maximum atomic E-state index is 11.8. The van der Waals surface area contributed by atoms with Gasteiger partial charge in [-0.05, 0) is 25.8 Å². The zero-order valence-electron chi connectivity index (χ0n) is 12.5. The zero-order chi connectivity index (χ0) is 15.3. The molecule has 1 unspecified atom stereocenters. The minimum atomic E-state index is -0.471. The minimum absolute atomic E-state index is 0.0430. The van der Waals surface area contributed by atoms with E-state index in [1.165, 1.54) is 19.1 Å². The van der Waals surface area contributed by atoms with Crippen molar-refractivity contribution < 1.29 is 9.72 Å². The van der Waals surface area contributed by atoms with Crippen LogP contribution in [0.25, 0.3) is 0 Å². The number of carbonyl (C=O) groups excluding carboxylic acids is 1. The lowest BCUT2D eigenvalue weighted by atomic mass is 10.0. The van der Waals surface area contributed by atoms with Crippen molar-refractivity contribution in [3.05, 3.63) is 33.9 Å². The molecule has 1 rings (SSSR count). The Kier molecular flexibility index (Phi) is 5.67. The highest BCUT2D eigenvalue weighted by molar-refractivity contribution is 6.00. The van der Waals surface area contributed by atoms with Gasteiger partial charge in [-0.3, -0.25) is 14.9 Å². The number of ketones is 1. The standard InChI is InChI=1S/C15H22N2O3/c1-5-11(3)10-16(6-2)15-8-7-13(17(19)20)9-14(15)12(4)18/h7-9,11H,5-6,10H2,1-4H3. The van der Waals surface area contributed by atoms with Crippen molar-refractivity contribution in [3.8, 4) is 0 Å². The highest BCUT2D eigenvalue weighted by Crippen LogP contribution is 2.27. The number of Topliss-reactive ketones (excluding diaryl/α,β-unsaturated/α-hetero) is 1. The lowest BCUT2D eigenvalue weighted by Gasteiger charge is -2.27. The van der Waals surface area contributed by atoms with Gasteiger partial charge in [0.25, 0.3) is 5.69 Å². The number of carbonyl (C=O) groups is 1. The molecule has 1 aromatic rings. The Morgan fingerprint density at radius 3 is 2.50 bits per heavy atom. The van der Waals surface area contributed by atoms with Crippen LogP contribution >= 0.6 is 0 Å². The van der Waals surface area contributed by atoms with Gasteiger partial charge in [0.1, 0.15) is 0 Å². The smallest absolute Gasteiger partial charge is 0.270 e. The molecule has 0 spiro atoms. The Balaban J connectivity index is 3.20. The maximum Gasteiger partial charge on any atom is 0.270 e. The van der Waals surface area contributed by atoms with Crippen LogP contribution in [0.3, 0.4) is 0 Å². The predicted octanol–water partition coefficient (Wildman–Crippen LogP) is 3.67. The second-order valence-electron chi connectivity index (χ2n) is 5.07. The van der Waals surface area contributed by atoms with Gasteiger partial charge in [0.05, 0.1) is 4.92 Å². The third kappa shape index (κ3) is 3.79. The number of hydrogen-bond acceptors (Lipinski definition) is 4. The summed E-state index contributed by atoms with van der Waals surface area (Å²) in [5.41, 5.74) is 1.16. The summed E-state index contributed by atoms with van der Waals surface area (Å²) in [7, 11) is 0. The predicted molar refractivity (Wildman–Crippen MR) is 80.4 cm³/mol. The molecule has 0 saturated heterocycles. The first-order chi connectivity index (χ1) is 9.40. The van der Waals surface area contributed by atoms with Gasteiger partial charge in [0, 0.05) is 36.5 Å². The number of non-ortho nitro benzene ring substituents is 1. The first-order valence-electron chi connectivity index (χ1n) is 6.95. The van der Waals surface area contributed by atoms with Gasteiger partial charge in [0.2, 0.25) is 0 Å². The van der Waals surface area contributed by atoms with Crippen LogP contribution in [-0.2, 0) is 0 Å². The monoisotopic (exact) mass is 278 g/mol. The molecule has 1 aromatic carbocycles. The molecule has 0 saturated carbocycles. The van der Waals surface area contributed by atoms with Crippen molar-refractivity contribution in [2.75, 3.05) is 18.0 Å². The lowest BCUT2D eigenvalue weighted by Crippen LogP contribution is -2.29. The molecule has 0 aliphatic heterocycles. The molecule has 0 amide bonds. The Bertz CT molecular complexity index is 500. The number of nitro groups is 1. The summed E-state index contributed by atoms with van der Waals surface area (Å²) >= 11 is 0. The van der Waals surface area contributed by atoms with Crippen LogP contribution in [0.15, 0.2) is 18.2 Å². The van der Waals surface area contributed by atoms with Gasteiger partial charge in [-0.25, -0.2) is 0 Å². The van der Waals surface area contributed by atoms with Gasteiger partial charge in [-0.1, -0.05) is 20.3 Å². The van der Waals surface area contributed by atoms with Crippen LogP contribution in [-0.4, -0.2) is 23.8 Å². The first kappa shape index (κ1) is 16.1. The highest BCUT2D eigenvalue weighted by atomic mass is 16.6. The topological polar surface area (TPSA) is 63.4 Å². The second kappa shape index (κ2) is 7.03. The average Bonchev–Trinajstić information content (AvgIpc) is 2.43. The molecule has 0 radical (unpaired) electrons. The van der Waals surface area contributed by atoms with Gasteiger partial charge < -0.3 is 4.90 Å². The van der Waals surface area contributed by atoms with Crippen LogP contribution in [0.1, 0.15) is 44.5 Å². The summed E-state index contributed by atoms with van der Waals surface area (Å²) < 4.78 is 0. The SMILES string of the molecule is CCC(C)CN(CC)c1ccc([N+](=O)[O-])cc1C(C)=O. The number of rotatable bonds is 7. The fraction of sp³-hybridized carbons (Fsp3) is 0.533. The first-order valence-corrected chi connectivity index (χ1v) is 6.95. The molecule has 0 bridgehead atoms. The van der Waals surface area contributed by atoms with E-state index >= 15 is 0 Å². The van der Waals surface area contributed by atoms with Gasteiger partial charge >= 0.3 is 0 Å². The zero-order valence-corrected chi connectivity index (χ0v) is 12.5. The van der Waals surface area contributed by atoms with E-state index in [0.717, 1.165) is 25.2 Å². The van der Waals surface area contributed by atoms with E-state index in [1.54, 1.807) is 6.07 Å². The van der Waals surface area contributed by atoms with Crippen LogP contribution in [0.4, 0.5) is 11.4 Å². The fourth-order valence-corrected chi connectivity index (χ4v) is 2.10. The molecule has 5 heteroatoms. The largest absolute Gasteiger partial charge is 0.371 e. The molecule has 0 fully saturated rings. The molecular formula is C15H22N2O3. The molecule has 0 aliphatic carbocycles. The average molecular weight is 278 g/mol. The normalized spacial score (nSPS) is 12.0. The Morgan fingerprint density at radius 2 is 2.05 bits per heavy atom. The molecule has 110 valence electrons. The number of nitrogens with zero attached hydrogens (tertiary/aromatic N) is 2. The Hall–Kier alpha value is -1.91. The third-order valence-electron chi connectivity index (χ3n) is 3.52. The molecule has 0 aromatic heterocycles. The summed E-state index contributed by atoms with van der Waals surface area (Å²) in [5.74, 6) is 0.358. The minimum Gasteiger partial charge on any atom is -0.371 e. The van der Waals surface area contributed by atoms with Crippen molar-refractivity contribution in [2.45, 2.75) is 34.1 Å². The van der Waals surface area contributed by atoms with Gasteiger partial charge in [0.15, 0.2) is 5.78 Å². The van der Waals surface area contributed by atoms with Crippen LogP contribution in [0.2, 0.25) is 0 Å². The summed E-state index contributed by atoms with van der Waals surface area (Å²) in [4.78, 5) is 24.2. The highest BCUT2D eigenvalue weighted by Gasteiger charge is 2.18. The van der Waals surface area contributed by atoms with E-state index < -0.39 is 4.92 Å².